The van der Waals surface area contributed by atoms with Crippen LogP contribution >= 0.6 is 0 Å². The Labute approximate surface area is 124 Å². The molecule has 0 aliphatic carbocycles. The summed E-state index contributed by atoms with van der Waals surface area (Å²) in [6.45, 7) is 4.70. The third-order valence-corrected chi connectivity index (χ3v) is 4.23. The lowest BCUT2D eigenvalue weighted by molar-refractivity contribution is -0.126. The fourth-order valence-electron chi connectivity index (χ4n) is 1.17. The van der Waals surface area contributed by atoms with Gasteiger partial charge in [-0.1, -0.05) is 20.8 Å². The molecular weight excluding hydrogens is 318 g/mol. The number of carbonyl (C=O) groups excluding carboxylic acids is 1. The highest BCUT2D eigenvalue weighted by Gasteiger charge is 2.25. The molecule has 0 aliphatic rings. The van der Waals surface area contributed by atoms with Crippen LogP contribution in [0.15, 0.2) is 29.2 Å². The van der Waals surface area contributed by atoms with Crippen LogP contribution in [0.25, 0.3) is 0 Å². The summed E-state index contributed by atoms with van der Waals surface area (Å²) >= 11 is 0. The van der Waals surface area contributed by atoms with Gasteiger partial charge in [0.25, 0.3) is 0 Å². The smallest absolute Gasteiger partial charge is 0.273 e. The highest BCUT2D eigenvalue weighted by atomic mass is 32.2. The number of nitrogens with one attached hydrogen (secondary N) is 2. The highest BCUT2D eigenvalue weighted by molar-refractivity contribution is 7.91. The second-order valence-electron chi connectivity index (χ2n) is 5.36. The summed E-state index contributed by atoms with van der Waals surface area (Å²) in [6.07, 6.45) is 0. The van der Waals surface area contributed by atoms with Crippen molar-refractivity contribution in [3.8, 4) is 0 Å². The van der Waals surface area contributed by atoms with Crippen molar-refractivity contribution in [3.63, 3.8) is 0 Å². The molecule has 8 nitrogen and oxygen atoms in total. The van der Waals surface area contributed by atoms with E-state index in [-0.39, 0.29) is 10.6 Å². The Balaban J connectivity index is 2.88. The normalized spacial score (nSPS) is 12.8. The fourth-order valence-corrected chi connectivity index (χ4v) is 2.73. The maximum Gasteiger partial charge on any atom is 0.323 e. The van der Waals surface area contributed by atoms with Crippen molar-refractivity contribution in [3.05, 3.63) is 24.3 Å². The number of hydrogen-bond acceptors (Lipinski definition) is 5. The van der Waals surface area contributed by atoms with E-state index in [2.05, 4.69) is 4.72 Å². The molecule has 1 aromatic carbocycles. The standard InChI is InChI=1S/C11H17N3O5S2/c1-11(2,3)10(15)14-21(18,19)13-8-4-6-9(7-5-8)20(12,16)17/h4-7,13H,1-3H3,(H,14,15)(H2,12,16,17). The van der Waals surface area contributed by atoms with E-state index in [0.717, 1.165) is 12.1 Å². The number of rotatable bonds is 4. The van der Waals surface area contributed by atoms with Gasteiger partial charge in [0.15, 0.2) is 0 Å². The number of sulfonamides is 1. The quantitative estimate of drug-likeness (QED) is 0.720. The number of hydrogen-bond donors (Lipinski definition) is 3. The third kappa shape index (κ3) is 5.33. The van der Waals surface area contributed by atoms with E-state index < -0.39 is 31.6 Å². The average molecular weight is 335 g/mol. The maximum absolute atomic E-state index is 11.8. The molecule has 0 spiro atoms. The van der Waals surface area contributed by atoms with Crippen molar-refractivity contribution in [2.24, 2.45) is 10.6 Å². The first kappa shape index (κ1) is 17.4. The first-order valence-electron chi connectivity index (χ1n) is 5.79. The molecule has 0 atom stereocenters. The minimum Gasteiger partial charge on any atom is -0.273 e. The molecule has 0 heterocycles. The number of nitrogens with two attached hydrogens (primary N) is 1. The number of primary sulfonamides is 1. The maximum atomic E-state index is 11.8. The molecule has 118 valence electrons. The summed E-state index contributed by atoms with van der Waals surface area (Å²) in [5.41, 5.74) is -0.775. The van der Waals surface area contributed by atoms with Gasteiger partial charge in [-0.25, -0.2) is 18.3 Å². The van der Waals surface area contributed by atoms with Crippen LogP contribution in [0.5, 0.6) is 0 Å². The minimum atomic E-state index is -4.10. The van der Waals surface area contributed by atoms with Crippen molar-refractivity contribution < 1.29 is 21.6 Å². The second-order valence-corrected chi connectivity index (χ2v) is 8.33. The first-order chi connectivity index (χ1) is 9.31. The van der Waals surface area contributed by atoms with Gasteiger partial charge in [0, 0.05) is 5.41 Å². The Hall–Kier alpha value is -1.65. The van der Waals surface area contributed by atoms with Gasteiger partial charge in [0.2, 0.25) is 15.9 Å². The molecule has 1 amide bonds. The van der Waals surface area contributed by atoms with E-state index in [0.29, 0.717) is 0 Å². The summed E-state index contributed by atoms with van der Waals surface area (Å²) in [5.74, 6) is -0.670. The Kier molecular flexibility index (Phi) is 4.66. The van der Waals surface area contributed by atoms with Crippen molar-refractivity contribution in [2.45, 2.75) is 25.7 Å². The number of amides is 1. The van der Waals surface area contributed by atoms with Gasteiger partial charge in [-0.05, 0) is 24.3 Å². The zero-order chi connectivity index (χ0) is 16.5. The van der Waals surface area contributed by atoms with E-state index in [1.165, 1.54) is 12.1 Å². The van der Waals surface area contributed by atoms with Crippen LogP contribution < -0.4 is 14.6 Å². The molecule has 0 saturated carbocycles. The Morgan fingerprint density at radius 2 is 1.52 bits per heavy atom. The third-order valence-electron chi connectivity index (χ3n) is 2.34. The van der Waals surface area contributed by atoms with E-state index in [1.807, 2.05) is 4.72 Å². The molecule has 1 aromatic rings. The molecular formula is C11H17N3O5S2. The van der Waals surface area contributed by atoms with Crippen LogP contribution in [0.3, 0.4) is 0 Å². The van der Waals surface area contributed by atoms with Crippen LogP contribution in [-0.4, -0.2) is 22.7 Å². The van der Waals surface area contributed by atoms with Crippen molar-refractivity contribution in [1.29, 1.82) is 0 Å². The summed E-state index contributed by atoms with van der Waals surface area (Å²) < 4.78 is 49.6. The predicted octanol–water partition coefficient (Wildman–Crippen LogP) is 0.153. The highest BCUT2D eigenvalue weighted by Crippen LogP contribution is 2.15. The lowest BCUT2D eigenvalue weighted by Crippen LogP contribution is -2.41. The number of anilines is 1. The molecule has 0 saturated heterocycles. The Morgan fingerprint density at radius 3 is 1.90 bits per heavy atom. The van der Waals surface area contributed by atoms with Crippen molar-refractivity contribution in [1.82, 2.24) is 4.72 Å². The van der Waals surface area contributed by atoms with E-state index in [1.54, 1.807) is 20.8 Å². The Morgan fingerprint density at radius 1 is 1.05 bits per heavy atom. The molecule has 0 unspecified atom stereocenters. The van der Waals surface area contributed by atoms with Gasteiger partial charge in [-0.2, -0.15) is 8.42 Å². The summed E-state index contributed by atoms with van der Waals surface area (Å²) in [5, 5.41) is 4.92. The van der Waals surface area contributed by atoms with Crippen molar-refractivity contribution in [2.75, 3.05) is 4.72 Å². The zero-order valence-electron chi connectivity index (χ0n) is 11.7. The van der Waals surface area contributed by atoms with E-state index >= 15 is 0 Å². The average Bonchev–Trinajstić information content (AvgIpc) is 2.25. The van der Waals surface area contributed by atoms with Crippen LogP contribution in [-0.2, 0) is 25.0 Å². The summed E-state index contributed by atoms with van der Waals surface area (Å²) in [6, 6.07) is 4.75. The molecule has 10 heteroatoms. The molecule has 0 aromatic heterocycles. The molecule has 4 N–H and O–H groups in total. The topological polar surface area (TPSA) is 135 Å². The van der Waals surface area contributed by atoms with Crippen LogP contribution in [0, 0.1) is 5.41 Å². The monoisotopic (exact) mass is 335 g/mol. The molecule has 0 aliphatic heterocycles. The largest absolute Gasteiger partial charge is 0.323 e. The van der Waals surface area contributed by atoms with E-state index in [9.17, 15) is 21.6 Å². The summed E-state index contributed by atoms with van der Waals surface area (Å²) in [7, 11) is -7.94. The second kappa shape index (κ2) is 5.62. The van der Waals surface area contributed by atoms with Gasteiger partial charge in [-0.15, -0.1) is 0 Å². The number of carbonyl (C=O) groups is 1. The Bertz CT molecular complexity index is 731. The number of benzene rings is 1. The summed E-state index contributed by atoms with van der Waals surface area (Å²) in [4.78, 5) is 11.5. The van der Waals surface area contributed by atoms with Gasteiger partial charge < -0.3 is 0 Å². The SMILES string of the molecule is CC(C)(C)C(=O)NS(=O)(=O)Nc1ccc(S(N)(=O)=O)cc1. The van der Waals surface area contributed by atoms with Gasteiger partial charge in [-0.3, -0.25) is 9.52 Å². The molecule has 21 heavy (non-hydrogen) atoms. The van der Waals surface area contributed by atoms with Crippen molar-refractivity contribution >= 4 is 31.8 Å². The lowest BCUT2D eigenvalue weighted by Gasteiger charge is -2.18. The molecule has 1 rings (SSSR count). The lowest BCUT2D eigenvalue weighted by atomic mass is 9.96. The zero-order valence-corrected chi connectivity index (χ0v) is 13.4. The van der Waals surface area contributed by atoms with Gasteiger partial charge in [0.05, 0.1) is 10.6 Å². The van der Waals surface area contributed by atoms with Gasteiger partial charge in [0.1, 0.15) is 0 Å². The first-order valence-corrected chi connectivity index (χ1v) is 8.82. The van der Waals surface area contributed by atoms with Crippen LogP contribution in [0.4, 0.5) is 5.69 Å². The fraction of sp³-hybridized carbons (Fsp3) is 0.364. The molecule has 0 bridgehead atoms. The minimum absolute atomic E-state index is 0.0941. The molecule has 0 radical (unpaired) electrons. The van der Waals surface area contributed by atoms with Gasteiger partial charge >= 0.3 is 10.2 Å². The predicted molar refractivity (Wildman–Crippen MR) is 78.0 cm³/mol. The molecule has 0 fully saturated rings. The van der Waals surface area contributed by atoms with Crippen LogP contribution in [0.2, 0.25) is 0 Å². The van der Waals surface area contributed by atoms with Crippen LogP contribution in [0.1, 0.15) is 20.8 Å². The van der Waals surface area contributed by atoms with E-state index in [4.69, 9.17) is 5.14 Å².